The van der Waals surface area contributed by atoms with Gasteiger partial charge in [-0.1, -0.05) is 70.2 Å². The molecule has 0 saturated carbocycles. The SMILES string of the molecule is CCCCOc1ccccc1NC(=O)CCCCCCCC(=O)Nc1ccccc1OCCCC. The molecule has 6 nitrogen and oxygen atoms in total. The van der Waals surface area contributed by atoms with E-state index in [-0.39, 0.29) is 11.8 Å². The van der Waals surface area contributed by atoms with Crippen molar-refractivity contribution in [2.45, 2.75) is 84.5 Å². The van der Waals surface area contributed by atoms with Crippen LogP contribution in [0, 0.1) is 0 Å². The van der Waals surface area contributed by atoms with E-state index in [1.807, 2.05) is 48.5 Å². The van der Waals surface area contributed by atoms with Crippen LogP contribution in [0.3, 0.4) is 0 Å². The highest BCUT2D eigenvalue weighted by atomic mass is 16.5. The third-order valence-corrected chi connectivity index (χ3v) is 5.64. The van der Waals surface area contributed by atoms with Gasteiger partial charge in [0.1, 0.15) is 11.5 Å². The molecule has 0 aliphatic heterocycles. The Morgan fingerprint density at radius 3 is 1.43 bits per heavy atom. The predicted molar refractivity (Wildman–Crippen MR) is 143 cm³/mol. The standard InChI is InChI=1S/C29H42N2O4/c1-3-5-22-34-26-18-14-12-16-24(26)30-28(32)20-10-8-7-9-11-21-29(33)31-25-17-13-15-19-27(25)35-23-6-4-2/h12-19H,3-11,20-23H2,1-2H3,(H,30,32)(H,31,33). The summed E-state index contributed by atoms with van der Waals surface area (Å²) in [6, 6.07) is 15.2. The Kier molecular flexibility index (Phi) is 14.0. The minimum Gasteiger partial charge on any atom is -0.491 e. The van der Waals surface area contributed by atoms with E-state index in [0.29, 0.717) is 26.1 Å². The monoisotopic (exact) mass is 482 g/mol. The number of ether oxygens (including phenoxy) is 2. The van der Waals surface area contributed by atoms with Gasteiger partial charge in [-0.2, -0.15) is 0 Å². The molecule has 0 aliphatic carbocycles. The maximum Gasteiger partial charge on any atom is 0.224 e. The number of rotatable bonds is 18. The summed E-state index contributed by atoms with van der Waals surface area (Å²) in [5, 5.41) is 5.94. The van der Waals surface area contributed by atoms with Crippen molar-refractivity contribution < 1.29 is 19.1 Å². The van der Waals surface area contributed by atoms with E-state index in [1.165, 1.54) is 0 Å². The maximum atomic E-state index is 12.3. The summed E-state index contributed by atoms with van der Waals surface area (Å²) >= 11 is 0. The normalized spacial score (nSPS) is 10.6. The first-order valence-electron chi connectivity index (χ1n) is 13.2. The quantitative estimate of drug-likeness (QED) is 0.218. The molecule has 0 atom stereocenters. The summed E-state index contributed by atoms with van der Waals surface area (Å²) < 4.78 is 11.6. The third-order valence-electron chi connectivity index (χ3n) is 5.64. The average molecular weight is 483 g/mol. The fourth-order valence-electron chi connectivity index (χ4n) is 3.57. The Hall–Kier alpha value is -3.02. The first kappa shape index (κ1) is 28.2. The zero-order valence-electron chi connectivity index (χ0n) is 21.4. The van der Waals surface area contributed by atoms with Crippen molar-refractivity contribution in [3.8, 4) is 11.5 Å². The van der Waals surface area contributed by atoms with Gasteiger partial charge in [-0.3, -0.25) is 9.59 Å². The van der Waals surface area contributed by atoms with Crippen LogP contribution < -0.4 is 20.1 Å². The second-order valence-electron chi connectivity index (χ2n) is 8.76. The molecule has 0 unspecified atom stereocenters. The predicted octanol–water partition coefficient (Wildman–Crippen LogP) is 7.35. The van der Waals surface area contributed by atoms with Gasteiger partial charge in [-0.25, -0.2) is 0 Å². The van der Waals surface area contributed by atoms with Crippen molar-refractivity contribution >= 4 is 23.2 Å². The molecule has 0 fully saturated rings. The molecular weight excluding hydrogens is 440 g/mol. The van der Waals surface area contributed by atoms with Crippen LogP contribution in [0.25, 0.3) is 0 Å². The summed E-state index contributed by atoms with van der Waals surface area (Å²) in [4.78, 5) is 24.7. The van der Waals surface area contributed by atoms with Gasteiger partial charge in [0, 0.05) is 12.8 Å². The van der Waals surface area contributed by atoms with Crippen LogP contribution in [0.4, 0.5) is 11.4 Å². The number of para-hydroxylation sites is 4. The number of amides is 2. The third kappa shape index (κ3) is 11.8. The first-order valence-corrected chi connectivity index (χ1v) is 13.2. The molecule has 2 aromatic rings. The molecule has 2 aromatic carbocycles. The van der Waals surface area contributed by atoms with Gasteiger partial charge >= 0.3 is 0 Å². The van der Waals surface area contributed by atoms with Crippen LogP contribution in [-0.2, 0) is 9.59 Å². The lowest BCUT2D eigenvalue weighted by Crippen LogP contribution is -2.13. The van der Waals surface area contributed by atoms with Crippen LogP contribution in [0.5, 0.6) is 11.5 Å². The Balaban J connectivity index is 1.58. The molecule has 6 heteroatoms. The van der Waals surface area contributed by atoms with Gasteiger partial charge in [0.25, 0.3) is 0 Å². The highest BCUT2D eigenvalue weighted by Gasteiger charge is 2.09. The molecule has 192 valence electrons. The highest BCUT2D eigenvalue weighted by molar-refractivity contribution is 5.92. The number of hydrogen-bond acceptors (Lipinski definition) is 4. The fraction of sp³-hybridized carbons (Fsp3) is 0.517. The van der Waals surface area contributed by atoms with Gasteiger partial charge in [0.15, 0.2) is 0 Å². The summed E-state index contributed by atoms with van der Waals surface area (Å²) in [7, 11) is 0. The van der Waals surface area contributed by atoms with Crippen molar-refractivity contribution in [1.82, 2.24) is 0 Å². The number of nitrogens with one attached hydrogen (secondary N) is 2. The van der Waals surface area contributed by atoms with Gasteiger partial charge in [0.2, 0.25) is 11.8 Å². The number of carbonyl (C=O) groups excluding carboxylic acids is 2. The van der Waals surface area contributed by atoms with E-state index in [9.17, 15) is 9.59 Å². The molecule has 0 heterocycles. The van der Waals surface area contributed by atoms with E-state index in [0.717, 1.165) is 80.7 Å². The Bertz CT molecular complexity index is 813. The van der Waals surface area contributed by atoms with E-state index in [1.54, 1.807) is 0 Å². The first-order chi connectivity index (χ1) is 17.1. The van der Waals surface area contributed by atoms with Crippen molar-refractivity contribution in [3.63, 3.8) is 0 Å². The van der Waals surface area contributed by atoms with E-state index in [4.69, 9.17) is 9.47 Å². The van der Waals surface area contributed by atoms with Gasteiger partial charge in [0.05, 0.1) is 24.6 Å². The molecule has 2 amide bonds. The number of benzene rings is 2. The Labute approximate surface area is 210 Å². The summed E-state index contributed by atoms with van der Waals surface area (Å²) in [5.41, 5.74) is 1.47. The Morgan fingerprint density at radius 2 is 1.00 bits per heavy atom. The summed E-state index contributed by atoms with van der Waals surface area (Å²) in [5.74, 6) is 1.47. The largest absolute Gasteiger partial charge is 0.491 e. The van der Waals surface area contributed by atoms with Crippen LogP contribution in [0.1, 0.15) is 84.5 Å². The fourth-order valence-corrected chi connectivity index (χ4v) is 3.57. The van der Waals surface area contributed by atoms with E-state index >= 15 is 0 Å². The molecule has 0 aliphatic rings. The highest BCUT2D eigenvalue weighted by Crippen LogP contribution is 2.25. The van der Waals surface area contributed by atoms with Crippen molar-refractivity contribution in [1.29, 1.82) is 0 Å². The number of carbonyl (C=O) groups is 2. The van der Waals surface area contributed by atoms with Crippen LogP contribution in [-0.4, -0.2) is 25.0 Å². The molecule has 0 aromatic heterocycles. The maximum absolute atomic E-state index is 12.3. The van der Waals surface area contributed by atoms with Crippen molar-refractivity contribution in [3.05, 3.63) is 48.5 Å². The molecule has 35 heavy (non-hydrogen) atoms. The number of hydrogen-bond donors (Lipinski definition) is 2. The molecule has 0 radical (unpaired) electrons. The summed E-state index contributed by atoms with van der Waals surface area (Å²) in [6.07, 6.45) is 9.71. The lowest BCUT2D eigenvalue weighted by atomic mass is 10.1. The molecule has 0 bridgehead atoms. The minimum absolute atomic E-state index is 0.00994. The van der Waals surface area contributed by atoms with E-state index < -0.39 is 0 Å². The number of anilines is 2. The van der Waals surface area contributed by atoms with Gasteiger partial charge in [-0.15, -0.1) is 0 Å². The average Bonchev–Trinajstić information content (AvgIpc) is 2.86. The van der Waals surface area contributed by atoms with Crippen LogP contribution in [0.15, 0.2) is 48.5 Å². The van der Waals surface area contributed by atoms with Gasteiger partial charge < -0.3 is 20.1 Å². The molecule has 2 rings (SSSR count). The Morgan fingerprint density at radius 1 is 0.600 bits per heavy atom. The zero-order chi connectivity index (χ0) is 25.1. The lowest BCUT2D eigenvalue weighted by molar-refractivity contribution is -0.117. The summed E-state index contributed by atoms with van der Waals surface area (Å²) in [6.45, 7) is 5.55. The van der Waals surface area contributed by atoms with Crippen LogP contribution in [0.2, 0.25) is 0 Å². The van der Waals surface area contributed by atoms with Crippen molar-refractivity contribution in [2.24, 2.45) is 0 Å². The second kappa shape index (κ2) is 17.4. The van der Waals surface area contributed by atoms with Gasteiger partial charge in [-0.05, 0) is 49.9 Å². The zero-order valence-corrected chi connectivity index (χ0v) is 21.4. The molecule has 2 N–H and O–H groups in total. The lowest BCUT2D eigenvalue weighted by Gasteiger charge is -2.12. The van der Waals surface area contributed by atoms with E-state index in [2.05, 4.69) is 24.5 Å². The molecule has 0 spiro atoms. The number of unbranched alkanes of at least 4 members (excludes halogenated alkanes) is 6. The molecular formula is C29H42N2O4. The topological polar surface area (TPSA) is 76.7 Å². The van der Waals surface area contributed by atoms with Crippen molar-refractivity contribution in [2.75, 3.05) is 23.8 Å². The van der Waals surface area contributed by atoms with Crippen LogP contribution >= 0.6 is 0 Å². The molecule has 0 saturated heterocycles. The smallest absolute Gasteiger partial charge is 0.224 e. The second-order valence-corrected chi connectivity index (χ2v) is 8.76. The minimum atomic E-state index is 0.00994.